The highest BCUT2D eigenvalue weighted by Crippen LogP contribution is 2.27. The van der Waals surface area contributed by atoms with E-state index in [1.165, 1.54) is 0 Å². The zero-order valence-electron chi connectivity index (χ0n) is 12.0. The Bertz CT molecular complexity index is 573. The molecule has 0 unspecified atom stereocenters. The van der Waals surface area contributed by atoms with Crippen molar-refractivity contribution < 1.29 is 4.52 Å². The van der Waals surface area contributed by atoms with Crippen molar-refractivity contribution in [1.82, 2.24) is 15.5 Å². The van der Waals surface area contributed by atoms with Crippen LogP contribution < -0.4 is 10.2 Å². The van der Waals surface area contributed by atoms with Gasteiger partial charge in [0.15, 0.2) is 5.82 Å². The maximum Gasteiger partial charge on any atom is 0.258 e. The van der Waals surface area contributed by atoms with Crippen LogP contribution in [0.25, 0.3) is 11.5 Å². The van der Waals surface area contributed by atoms with Crippen LogP contribution in [0.2, 0.25) is 0 Å². The van der Waals surface area contributed by atoms with Crippen LogP contribution in [0.1, 0.15) is 24.6 Å². The number of hydrogen-bond donors (Lipinski definition) is 1. The second kappa shape index (κ2) is 5.63. The van der Waals surface area contributed by atoms with Gasteiger partial charge >= 0.3 is 0 Å². The van der Waals surface area contributed by atoms with Crippen LogP contribution in [0.3, 0.4) is 0 Å². The first kappa shape index (κ1) is 13.1. The lowest BCUT2D eigenvalue weighted by atomic mass is 9.98. The molecular formula is C15H20N4O. The second-order valence-corrected chi connectivity index (χ2v) is 5.43. The number of anilines is 1. The molecule has 1 aliphatic heterocycles. The Morgan fingerprint density at radius 1 is 1.25 bits per heavy atom. The van der Waals surface area contributed by atoms with E-state index in [-0.39, 0.29) is 0 Å². The largest absolute Gasteiger partial charge is 0.378 e. The number of rotatable bonds is 3. The summed E-state index contributed by atoms with van der Waals surface area (Å²) in [5.41, 5.74) is 2.10. The van der Waals surface area contributed by atoms with Crippen molar-refractivity contribution in [2.75, 3.05) is 32.1 Å². The Kier molecular flexibility index (Phi) is 3.69. The monoisotopic (exact) mass is 272 g/mol. The van der Waals surface area contributed by atoms with Crippen molar-refractivity contribution >= 4 is 5.69 Å². The van der Waals surface area contributed by atoms with Gasteiger partial charge < -0.3 is 14.7 Å². The second-order valence-electron chi connectivity index (χ2n) is 5.43. The Morgan fingerprint density at radius 2 is 2.05 bits per heavy atom. The smallest absolute Gasteiger partial charge is 0.258 e. The quantitative estimate of drug-likeness (QED) is 0.929. The molecular weight excluding hydrogens is 252 g/mol. The van der Waals surface area contributed by atoms with E-state index in [0.29, 0.717) is 11.8 Å². The minimum Gasteiger partial charge on any atom is -0.378 e. The van der Waals surface area contributed by atoms with Crippen LogP contribution in [0.4, 0.5) is 5.69 Å². The van der Waals surface area contributed by atoms with Gasteiger partial charge in [-0.25, -0.2) is 0 Å². The van der Waals surface area contributed by atoms with Gasteiger partial charge in [-0.1, -0.05) is 11.2 Å². The van der Waals surface area contributed by atoms with Gasteiger partial charge in [-0.3, -0.25) is 0 Å². The van der Waals surface area contributed by atoms with E-state index in [2.05, 4.69) is 32.5 Å². The molecule has 1 saturated heterocycles. The van der Waals surface area contributed by atoms with Gasteiger partial charge in [0.25, 0.3) is 5.89 Å². The third kappa shape index (κ3) is 2.67. The first-order valence-electron chi connectivity index (χ1n) is 7.06. The third-order valence-corrected chi connectivity index (χ3v) is 3.76. The van der Waals surface area contributed by atoms with Gasteiger partial charge in [-0.2, -0.15) is 4.98 Å². The molecule has 0 amide bonds. The van der Waals surface area contributed by atoms with Gasteiger partial charge in [-0.05, 0) is 44.1 Å². The van der Waals surface area contributed by atoms with E-state index in [4.69, 9.17) is 4.52 Å². The molecule has 1 N–H and O–H groups in total. The fourth-order valence-corrected chi connectivity index (χ4v) is 2.52. The summed E-state index contributed by atoms with van der Waals surface area (Å²) in [6.45, 7) is 2.06. The number of aromatic nitrogens is 2. The van der Waals surface area contributed by atoms with Crippen LogP contribution in [0.15, 0.2) is 28.8 Å². The van der Waals surface area contributed by atoms with Gasteiger partial charge in [0.05, 0.1) is 0 Å². The molecule has 0 spiro atoms. The molecule has 106 valence electrons. The van der Waals surface area contributed by atoms with Crippen molar-refractivity contribution in [3.8, 4) is 11.5 Å². The molecule has 0 radical (unpaired) electrons. The summed E-state index contributed by atoms with van der Waals surface area (Å²) in [6, 6.07) is 8.15. The van der Waals surface area contributed by atoms with Gasteiger partial charge in [-0.15, -0.1) is 0 Å². The summed E-state index contributed by atoms with van der Waals surface area (Å²) in [4.78, 5) is 6.64. The molecule has 0 aliphatic carbocycles. The molecule has 5 heteroatoms. The normalized spacial score (nSPS) is 16.3. The third-order valence-electron chi connectivity index (χ3n) is 3.76. The van der Waals surface area contributed by atoms with E-state index in [1.54, 1.807) is 0 Å². The number of piperidine rings is 1. The fourth-order valence-electron chi connectivity index (χ4n) is 2.52. The minimum atomic E-state index is 0.422. The van der Waals surface area contributed by atoms with Crippen LogP contribution in [0.5, 0.6) is 0 Å². The molecule has 20 heavy (non-hydrogen) atoms. The summed E-state index contributed by atoms with van der Waals surface area (Å²) in [7, 11) is 4.04. The molecule has 3 rings (SSSR count). The van der Waals surface area contributed by atoms with Crippen molar-refractivity contribution in [2.45, 2.75) is 18.8 Å². The number of nitrogens with zero attached hydrogens (tertiary/aromatic N) is 3. The Hall–Kier alpha value is -1.88. The fraction of sp³-hybridized carbons (Fsp3) is 0.467. The van der Waals surface area contributed by atoms with Crippen LogP contribution in [-0.2, 0) is 0 Å². The highest BCUT2D eigenvalue weighted by molar-refractivity contribution is 5.61. The van der Waals surface area contributed by atoms with E-state index in [0.717, 1.165) is 43.0 Å². The SMILES string of the molecule is CN(C)c1cccc(-c2nc(C3CCNCC3)no2)c1. The Morgan fingerprint density at radius 3 is 2.80 bits per heavy atom. The van der Waals surface area contributed by atoms with Crippen LogP contribution in [0, 0.1) is 0 Å². The van der Waals surface area contributed by atoms with Crippen LogP contribution in [-0.4, -0.2) is 37.3 Å². The zero-order chi connectivity index (χ0) is 13.9. The summed E-state index contributed by atoms with van der Waals surface area (Å²) in [5.74, 6) is 1.88. The average molecular weight is 272 g/mol. The van der Waals surface area contributed by atoms with E-state index in [9.17, 15) is 0 Å². The molecule has 1 aromatic heterocycles. The molecule has 1 aromatic carbocycles. The standard InChI is InChI=1S/C15H20N4O/c1-19(2)13-5-3-4-12(10-13)15-17-14(18-20-15)11-6-8-16-9-7-11/h3-5,10-11,16H,6-9H2,1-2H3. The minimum absolute atomic E-state index is 0.422. The van der Waals surface area contributed by atoms with Gasteiger partial charge in [0, 0.05) is 31.3 Å². The van der Waals surface area contributed by atoms with E-state index >= 15 is 0 Å². The highest BCUT2D eigenvalue weighted by Gasteiger charge is 2.21. The molecule has 0 saturated carbocycles. The van der Waals surface area contributed by atoms with Crippen LogP contribution >= 0.6 is 0 Å². The maximum absolute atomic E-state index is 5.44. The average Bonchev–Trinajstić information content (AvgIpc) is 2.98. The summed E-state index contributed by atoms with van der Waals surface area (Å²) >= 11 is 0. The number of benzene rings is 1. The lowest BCUT2D eigenvalue weighted by Gasteiger charge is -2.18. The molecule has 1 fully saturated rings. The molecule has 2 heterocycles. The summed E-state index contributed by atoms with van der Waals surface area (Å²) in [5, 5.41) is 7.51. The Labute approximate surface area is 119 Å². The predicted molar refractivity (Wildman–Crippen MR) is 78.9 cm³/mol. The zero-order valence-corrected chi connectivity index (χ0v) is 12.0. The van der Waals surface area contributed by atoms with Crippen molar-refractivity contribution in [2.24, 2.45) is 0 Å². The molecule has 0 atom stereocenters. The molecule has 1 aliphatic rings. The van der Waals surface area contributed by atoms with Crippen molar-refractivity contribution in [3.63, 3.8) is 0 Å². The summed E-state index contributed by atoms with van der Waals surface area (Å²) in [6.07, 6.45) is 2.16. The van der Waals surface area contributed by atoms with E-state index in [1.807, 2.05) is 26.2 Å². The number of nitrogens with one attached hydrogen (secondary N) is 1. The Balaban J connectivity index is 1.84. The lowest BCUT2D eigenvalue weighted by Crippen LogP contribution is -2.27. The molecule has 0 bridgehead atoms. The maximum atomic E-state index is 5.44. The van der Waals surface area contributed by atoms with Gasteiger partial charge in [0.2, 0.25) is 0 Å². The van der Waals surface area contributed by atoms with Crippen molar-refractivity contribution in [1.29, 1.82) is 0 Å². The van der Waals surface area contributed by atoms with Crippen molar-refractivity contribution in [3.05, 3.63) is 30.1 Å². The summed E-state index contributed by atoms with van der Waals surface area (Å²) < 4.78 is 5.44. The first-order valence-corrected chi connectivity index (χ1v) is 7.06. The first-order chi connectivity index (χ1) is 9.74. The molecule has 5 nitrogen and oxygen atoms in total. The van der Waals surface area contributed by atoms with Gasteiger partial charge in [0.1, 0.15) is 0 Å². The predicted octanol–water partition coefficient (Wildman–Crippen LogP) is 2.27. The lowest BCUT2D eigenvalue weighted by molar-refractivity contribution is 0.392. The topological polar surface area (TPSA) is 54.2 Å². The number of hydrogen-bond acceptors (Lipinski definition) is 5. The van der Waals surface area contributed by atoms with E-state index < -0.39 is 0 Å². The highest BCUT2D eigenvalue weighted by atomic mass is 16.5. The molecule has 2 aromatic rings.